The molecule has 1 unspecified atom stereocenters. The molecule has 1 heterocycles. The Morgan fingerprint density at radius 1 is 1.65 bits per heavy atom. The first-order chi connectivity index (χ1) is 8.13. The van der Waals surface area contributed by atoms with Crippen LogP contribution in [-0.4, -0.2) is 30.8 Å². The lowest BCUT2D eigenvalue weighted by Gasteiger charge is -2.10. The van der Waals surface area contributed by atoms with Crippen molar-refractivity contribution in [2.45, 2.75) is 32.4 Å². The first kappa shape index (κ1) is 14.2. The smallest absolute Gasteiger partial charge is 0.305 e. The van der Waals surface area contributed by atoms with Gasteiger partial charge < -0.3 is 15.2 Å². The summed E-state index contributed by atoms with van der Waals surface area (Å²) >= 11 is 1.70. The second-order valence-electron chi connectivity index (χ2n) is 3.93. The Labute approximate surface area is 106 Å². The second-order valence-corrected chi connectivity index (χ2v) is 4.93. The van der Waals surface area contributed by atoms with Crippen molar-refractivity contribution >= 4 is 17.3 Å². The molecule has 1 aromatic heterocycles. The van der Waals surface area contributed by atoms with Crippen LogP contribution in [0, 0.1) is 6.92 Å². The summed E-state index contributed by atoms with van der Waals surface area (Å²) in [7, 11) is 1.35. The third-order valence-corrected chi connectivity index (χ3v) is 3.57. The highest BCUT2D eigenvalue weighted by Crippen LogP contribution is 2.14. The van der Waals surface area contributed by atoms with Crippen LogP contribution in [-0.2, 0) is 16.1 Å². The number of aryl methyl sites for hydroxylation is 1. The third kappa shape index (κ3) is 5.30. The Bertz CT molecular complexity index is 351. The number of methoxy groups -OCH3 is 1. The Hall–Kier alpha value is -0.910. The minimum Gasteiger partial charge on any atom is -0.469 e. The van der Waals surface area contributed by atoms with Crippen LogP contribution in [0.1, 0.15) is 23.3 Å². The van der Waals surface area contributed by atoms with E-state index in [2.05, 4.69) is 28.4 Å². The number of ether oxygens (including phenoxy) is 1. The number of rotatable bonds is 7. The number of aliphatic hydroxyl groups is 1. The zero-order valence-corrected chi connectivity index (χ0v) is 11.0. The SMILES string of the molecule is COC(=O)CCC(O)CNCc1sccc1C. The van der Waals surface area contributed by atoms with Gasteiger partial charge in [0.2, 0.25) is 0 Å². The summed E-state index contributed by atoms with van der Waals surface area (Å²) in [5.41, 5.74) is 1.27. The summed E-state index contributed by atoms with van der Waals surface area (Å²) in [4.78, 5) is 12.2. The summed E-state index contributed by atoms with van der Waals surface area (Å²) in [6, 6.07) is 2.08. The fourth-order valence-electron chi connectivity index (χ4n) is 1.43. The maximum Gasteiger partial charge on any atom is 0.305 e. The highest BCUT2D eigenvalue weighted by molar-refractivity contribution is 7.10. The van der Waals surface area contributed by atoms with Gasteiger partial charge in [-0.05, 0) is 30.4 Å². The summed E-state index contributed by atoms with van der Waals surface area (Å²) < 4.78 is 4.51. The van der Waals surface area contributed by atoms with E-state index in [0.717, 1.165) is 6.54 Å². The van der Waals surface area contributed by atoms with E-state index >= 15 is 0 Å². The fraction of sp³-hybridized carbons (Fsp3) is 0.583. The van der Waals surface area contributed by atoms with Gasteiger partial charge in [0.15, 0.2) is 0 Å². The summed E-state index contributed by atoms with van der Waals surface area (Å²) in [6.45, 7) is 3.33. The quantitative estimate of drug-likeness (QED) is 0.726. The molecule has 5 heteroatoms. The topological polar surface area (TPSA) is 58.6 Å². The molecule has 2 N–H and O–H groups in total. The van der Waals surface area contributed by atoms with Crippen LogP contribution in [0.2, 0.25) is 0 Å². The van der Waals surface area contributed by atoms with Gasteiger partial charge in [0.25, 0.3) is 0 Å². The number of aliphatic hydroxyl groups excluding tert-OH is 1. The highest BCUT2D eigenvalue weighted by Gasteiger charge is 2.08. The van der Waals surface area contributed by atoms with Crippen molar-refractivity contribution in [3.05, 3.63) is 21.9 Å². The van der Waals surface area contributed by atoms with E-state index < -0.39 is 6.10 Å². The monoisotopic (exact) mass is 257 g/mol. The molecular weight excluding hydrogens is 238 g/mol. The molecule has 0 radical (unpaired) electrons. The Kier molecular flexibility index (Phi) is 6.18. The number of esters is 1. The predicted octanol–water partition coefficient (Wildman–Crippen LogP) is 1.46. The zero-order valence-electron chi connectivity index (χ0n) is 10.2. The number of thiophene rings is 1. The van der Waals surface area contributed by atoms with Gasteiger partial charge in [-0.2, -0.15) is 0 Å². The van der Waals surface area contributed by atoms with Crippen molar-refractivity contribution in [1.82, 2.24) is 5.32 Å². The highest BCUT2D eigenvalue weighted by atomic mass is 32.1. The van der Waals surface area contributed by atoms with Gasteiger partial charge in [0.05, 0.1) is 13.2 Å². The molecule has 4 nitrogen and oxygen atoms in total. The minimum atomic E-state index is -0.505. The van der Waals surface area contributed by atoms with E-state index in [-0.39, 0.29) is 12.4 Å². The lowest BCUT2D eigenvalue weighted by molar-refractivity contribution is -0.141. The Morgan fingerprint density at radius 3 is 3.00 bits per heavy atom. The molecular formula is C12H19NO3S. The maximum atomic E-state index is 10.9. The lowest BCUT2D eigenvalue weighted by Crippen LogP contribution is -2.27. The number of hydrogen-bond donors (Lipinski definition) is 2. The van der Waals surface area contributed by atoms with Crippen LogP contribution >= 0.6 is 11.3 Å². The zero-order chi connectivity index (χ0) is 12.7. The van der Waals surface area contributed by atoms with Crippen molar-refractivity contribution in [2.24, 2.45) is 0 Å². The molecule has 1 atom stereocenters. The molecule has 0 aliphatic heterocycles. The Balaban J connectivity index is 2.14. The molecule has 1 rings (SSSR count). The number of carbonyl (C=O) groups is 1. The van der Waals surface area contributed by atoms with E-state index in [0.29, 0.717) is 13.0 Å². The van der Waals surface area contributed by atoms with Crippen LogP contribution in [0.4, 0.5) is 0 Å². The molecule has 0 saturated heterocycles. The van der Waals surface area contributed by atoms with Gasteiger partial charge in [0, 0.05) is 24.4 Å². The summed E-state index contributed by atoms with van der Waals surface area (Å²) in [5, 5.41) is 14.9. The third-order valence-electron chi connectivity index (χ3n) is 2.54. The molecule has 0 bridgehead atoms. The standard InChI is InChI=1S/C12H19NO3S/c1-9-5-6-17-11(9)8-13-7-10(14)3-4-12(15)16-2/h5-6,10,13-14H,3-4,7-8H2,1-2H3. The molecule has 96 valence electrons. The van der Waals surface area contributed by atoms with Crippen molar-refractivity contribution in [2.75, 3.05) is 13.7 Å². The van der Waals surface area contributed by atoms with Gasteiger partial charge >= 0.3 is 5.97 Å². The molecule has 0 fully saturated rings. The molecule has 0 aromatic carbocycles. The minimum absolute atomic E-state index is 0.261. The van der Waals surface area contributed by atoms with Crippen LogP contribution in [0.15, 0.2) is 11.4 Å². The van der Waals surface area contributed by atoms with E-state index in [1.165, 1.54) is 17.6 Å². The van der Waals surface area contributed by atoms with Gasteiger partial charge in [-0.25, -0.2) is 0 Å². The summed E-state index contributed by atoms with van der Waals surface area (Å²) in [6.07, 6.45) is 0.190. The second kappa shape index (κ2) is 7.42. The van der Waals surface area contributed by atoms with Gasteiger partial charge in [0.1, 0.15) is 0 Å². The molecule has 0 amide bonds. The maximum absolute atomic E-state index is 10.9. The number of nitrogens with one attached hydrogen (secondary N) is 1. The fourth-order valence-corrected chi connectivity index (χ4v) is 2.30. The molecule has 0 aliphatic rings. The molecule has 17 heavy (non-hydrogen) atoms. The molecule has 0 spiro atoms. The van der Waals surface area contributed by atoms with Crippen molar-refractivity contribution in [1.29, 1.82) is 0 Å². The van der Waals surface area contributed by atoms with Crippen LogP contribution in [0.5, 0.6) is 0 Å². The van der Waals surface area contributed by atoms with Crippen LogP contribution in [0.25, 0.3) is 0 Å². The van der Waals surface area contributed by atoms with Gasteiger partial charge in [-0.3, -0.25) is 4.79 Å². The average Bonchev–Trinajstić information content (AvgIpc) is 2.72. The normalized spacial score (nSPS) is 12.4. The Morgan fingerprint density at radius 2 is 2.41 bits per heavy atom. The van der Waals surface area contributed by atoms with E-state index in [1.807, 2.05) is 0 Å². The van der Waals surface area contributed by atoms with E-state index in [1.54, 1.807) is 11.3 Å². The van der Waals surface area contributed by atoms with Gasteiger partial charge in [-0.1, -0.05) is 0 Å². The summed E-state index contributed by atoms with van der Waals surface area (Å²) in [5.74, 6) is -0.279. The van der Waals surface area contributed by atoms with Crippen molar-refractivity contribution in [3.63, 3.8) is 0 Å². The largest absolute Gasteiger partial charge is 0.469 e. The predicted molar refractivity (Wildman–Crippen MR) is 68.0 cm³/mol. The molecule has 0 saturated carbocycles. The van der Waals surface area contributed by atoms with E-state index in [4.69, 9.17) is 0 Å². The average molecular weight is 257 g/mol. The first-order valence-electron chi connectivity index (χ1n) is 5.62. The molecule has 1 aromatic rings. The van der Waals surface area contributed by atoms with Gasteiger partial charge in [-0.15, -0.1) is 11.3 Å². The van der Waals surface area contributed by atoms with Crippen LogP contribution in [0.3, 0.4) is 0 Å². The molecule has 0 aliphatic carbocycles. The van der Waals surface area contributed by atoms with Crippen LogP contribution < -0.4 is 5.32 Å². The first-order valence-corrected chi connectivity index (χ1v) is 6.50. The number of hydrogen-bond acceptors (Lipinski definition) is 5. The van der Waals surface area contributed by atoms with Crippen molar-refractivity contribution in [3.8, 4) is 0 Å². The van der Waals surface area contributed by atoms with Crippen molar-refractivity contribution < 1.29 is 14.6 Å². The lowest BCUT2D eigenvalue weighted by atomic mass is 10.2. The number of carbonyl (C=O) groups excluding carboxylic acids is 1. The van der Waals surface area contributed by atoms with E-state index in [9.17, 15) is 9.90 Å².